The Balaban J connectivity index is 1.33. The number of fused-ring (bicyclic) bond motifs is 2. The van der Waals surface area contributed by atoms with Crippen LogP contribution in [0.25, 0.3) is 0 Å². The molecule has 3 heterocycles. The normalized spacial score (nSPS) is 30.0. The molecule has 0 bridgehead atoms. The van der Waals surface area contributed by atoms with Gasteiger partial charge in [-0.1, -0.05) is 31.0 Å². The summed E-state index contributed by atoms with van der Waals surface area (Å²) in [6, 6.07) is 8.77. The van der Waals surface area contributed by atoms with Crippen molar-refractivity contribution in [1.82, 2.24) is 9.80 Å². The van der Waals surface area contributed by atoms with E-state index in [-0.39, 0.29) is 23.7 Å². The van der Waals surface area contributed by atoms with Gasteiger partial charge in [0.05, 0.1) is 5.92 Å². The molecule has 2 saturated heterocycles. The summed E-state index contributed by atoms with van der Waals surface area (Å²) >= 11 is 0. The average molecular weight is 396 g/mol. The van der Waals surface area contributed by atoms with Gasteiger partial charge in [0.25, 0.3) is 0 Å². The summed E-state index contributed by atoms with van der Waals surface area (Å²) in [5.41, 5.74) is 2.32. The molecule has 1 aromatic rings. The minimum Gasteiger partial charge on any atom is -0.341 e. The van der Waals surface area contributed by atoms with Crippen LogP contribution in [0.3, 0.4) is 0 Å². The van der Waals surface area contributed by atoms with Crippen LogP contribution in [0.1, 0.15) is 50.5 Å². The highest BCUT2D eigenvalue weighted by atomic mass is 16.2. The third kappa shape index (κ3) is 3.58. The molecule has 2 amide bonds. The highest BCUT2D eigenvalue weighted by Crippen LogP contribution is 2.37. The molecule has 1 saturated carbocycles. The van der Waals surface area contributed by atoms with Crippen molar-refractivity contribution in [3.63, 3.8) is 0 Å². The Hall–Kier alpha value is -1.88. The number of rotatable bonds is 2. The molecule has 3 atom stereocenters. The van der Waals surface area contributed by atoms with Gasteiger partial charge in [-0.05, 0) is 56.7 Å². The average Bonchev–Trinajstić information content (AvgIpc) is 3.34. The van der Waals surface area contributed by atoms with Crippen LogP contribution in [-0.4, -0.2) is 60.4 Å². The van der Waals surface area contributed by atoms with E-state index in [1.807, 2.05) is 17.0 Å². The molecule has 3 aliphatic heterocycles. The largest absolute Gasteiger partial charge is 0.341 e. The topological polar surface area (TPSA) is 43.9 Å². The SMILES string of the molecule is O=C([C@@H]1CCCC[C@@H]1C(=O)N1CCc2ccccc21)N1CCCN2CCC[C@@H]2C1. The maximum absolute atomic E-state index is 13.6. The molecule has 1 aliphatic carbocycles. The third-order valence-electron chi connectivity index (χ3n) is 7.67. The molecule has 4 aliphatic rings. The number of anilines is 1. The van der Waals surface area contributed by atoms with Gasteiger partial charge in [-0.3, -0.25) is 14.5 Å². The van der Waals surface area contributed by atoms with Gasteiger partial charge in [0, 0.05) is 43.8 Å². The lowest BCUT2D eigenvalue weighted by molar-refractivity contribution is -0.143. The van der Waals surface area contributed by atoms with Crippen molar-refractivity contribution >= 4 is 17.5 Å². The molecule has 1 aromatic carbocycles. The van der Waals surface area contributed by atoms with Crippen LogP contribution >= 0.6 is 0 Å². The number of hydrogen-bond donors (Lipinski definition) is 0. The molecule has 0 spiro atoms. The fourth-order valence-electron chi connectivity index (χ4n) is 6.13. The van der Waals surface area contributed by atoms with E-state index in [2.05, 4.69) is 21.9 Å². The Labute approximate surface area is 174 Å². The fourth-order valence-corrected chi connectivity index (χ4v) is 6.13. The predicted molar refractivity (Wildman–Crippen MR) is 114 cm³/mol. The summed E-state index contributed by atoms with van der Waals surface area (Å²) in [6.45, 7) is 4.78. The van der Waals surface area contributed by atoms with Crippen molar-refractivity contribution in [2.45, 2.75) is 57.4 Å². The smallest absolute Gasteiger partial charge is 0.230 e. The third-order valence-corrected chi connectivity index (χ3v) is 7.67. The Morgan fingerprint density at radius 1 is 0.793 bits per heavy atom. The second-order valence-corrected chi connectivity index (χ2v) is 9.34. The van der Waals surface area contributed by atoms with Crippen molar-refractivity contribution in [2.24, 2.45) is 11.8 Å². The second kappa shape index (κ2) is 8.10. The zero-order valence-electron chi connectivity index (χ0n) is 17.4. The predicted octanol–water partition coefficient (Wildman–Crippen LogP) is 3.08. The van der Waals surface area contributed by atoms with Crippen molar-refractivity contribution in [3.05, 3.63) is 29.8 Å². The number of carbonyl (C=O) groups is 2. The molecule has 5 nitrogen and oxygen atoms in total. The molecular weight excluding hydrogens is 362 g/mol. The van der Waals surface area contributed by atoms with E-state index in [4.69, 9.17) is 0 Å². The summed E-state index contributed by atoms with van der Waals surface area (Å²) in [5.74, 6) is 0.164. The molecule has 0 unspecified atom stereocenters. The summed E-state index contributed by atoms with van der Waals surface area (Å²) < 4.78 is 0. The zero-order valence-corrected chi connectivity index (χ0v) is 17.4. The van der Waals surface area contributed by atoms with Gasteiger partial charge in [0.1, 0.15) is 0 Å². The molecule has 0 N–H and O–H groups in total. The van der Waals surface area contributed by atoms with Crippen molar-refractivity contribution in [2.75, 3.05) is 37.6 Å². The van der Waals surface area contributed by atoms with Crippen LogP contribution in [0, 0.1) is 11.8 Å². The molecule has 5 heteroatoms. The lowest BCUT2D eigenvalue weighted by atomic mass is 9.77. The van der Waals surface area contributed by atoms with Gasteiger partial charge in [0.15, 0.2) is 0 Å². The molecule has 29 heavy (non-hydrogen) atoms. The summed E-state index contributed by atoms with van der Waals surface area (Å²) in [7, 11) is 0. The minimum absolute atomic E-state index is 0.128. The summed E-state index contributed by atoms with van der Waals surface area (Å²) in [5, 5.41) is 0. The number of carbonyl (C=O) groups excluding carboxylic acids is 2. The van der Waals surface area contributed by atoms with Crippen LogP contribution in [0.15, 0.2) is 24.3 Å². The first-order chi connectivity index (χ1) is 14.2. The summed E-state index contributed by atoms with van der Waals surface area (Å²) in [4.78, 5) is 33.8. The fraction of sp³-hybridized carbons (Fsp3) is 0.667. The highest BCUT2D eigenvalue weighted by molar-refractivity contribution is 5.99. The Kier molecular flexibility index (Phi) is 5.33. The van der Waals surface area contributed by atoms with Crippen LogP contribution in [-0.2, 0) is 16.0 Å². The van der Waals surface area contributed by atoms with Gasteiger partial charge >= 0.3 is 0 Å². The van der Waals surface area contributed by atoms with Crippen LogP contribution < -0.4 is 4.90 Å². The zero-order chi connectivity index (χ0) is 19.8. The number of amides is 2. The van der Waals surface area contributed by atoms with E-state index in [0.29, 0.717) is 6.04 Å². The molecular formula is C24H33N3O2. The first kappa shape index (κ1) is 19.1. The Morgan fingerprint density at radius 2 is 1.55 bits per heavy atom. The minimum atomic E-state index is -0.148. The molecule has 3 fully saturated rings. The van der Waals surface area contributed by atoms with E-state index in [9.17, 15) is 9.59 Å². The van der Waals surface area contributed by atoms with Crippen molar-refractivity contribution in [1.29, 1.82) is 0 Å². The molecule has 0 radical (unpaired) electrons. The van der Waals surface area contributed by atoms with E-state index in [1.54, 1.807) is 0 Å². The van der Waals surface area contributed by atoms with Crippen LogP contribution in [0.5, 0.6) is 0 Å². The van der Waals surface area contributed by atoms with Gasteiger partial charge < -0.3 is 9.80 Å². The van der Waals surface area contributed by atoms with Crippen molar-refractivity contribution < 1.29 is 9.59 Å². The molecule has 5 rings (SSSR count). The number of nitrogens with zero attached hydrogens (tertiary/aromatic N) is 3. The van der Waals surface area contributed by atoms with Crippen LogP contribution in [0.4, 0.5) is 5.69 Å². The Bertz CT molecular complexity index is 779. The molecule has 156 valence electrons. The number of hydrogen-bond acceptors (Lipinski definition) is 3. The van der Waals surface area contributed by atoms with Crippen LogP contribution in [0.2, 0.25) is 0 Å². The quantitative estimate of drug-likeness (QED) is 0.773. The van der Waals surface area contributed by atoms with E-state index in [0.717, 1.165) is 70.4 Å². The van der Waals surface area contributed by atoms with Gasteiger partial charge in [0.2, 0.25) is 11.8 Å². The molecule has 0 aromatic heterocycles. The van der Waals surface area contributed by atoms with Crippen molar-refractivity contribution in [3.8, 4) is 0 Å². The lowest BCUT2D eigenvalue weighted by Gasteiger charge is -2.36. The van der Waals surface area contributed by atoms with Gasteiger partial charge in [-0.25, -0.2) is 0 Å². The second-order valence-electron chi connectivity index (χ2n) is 9.34. The Morgan fingerprint density at radius 3 is 2.41 bits per heavy atom. The monoisotopic (exact) mass is 395 g/mol. The highest BCUT2D eigenvalue weighted by Gasteiger charge is 2.42. The summed E-state index contributed by atoms with van der Waals surface area (Å²) in [6.07, 6.45) is 8.32. The first-order valence-electron chi connectivity index (χ1n) is 11.6. The number of para-hydroxylation sites is 1. The lowest BCUT2D eigenvalue weighted by Crippen LogP contribution is -2.48. The van der Waals surface area contributed by atoms with Gasteiger partial charge in [-0.2, -0.15) is 0 Å². The first-order valence-corrected chi connectivity index (χ1v) is 11.6. The standard InChI is InChI=1S/C24H33N3O2/c28-23(26-15-6-14-25-13-5-8-19(25)17-26)20-9-2-3-10-21(20)24(29)27-16-12-18-7-1-4-11-22(18)27/h1,4,7,11,19-21H,2-3,5-6,8-10,12-17H2/t19-,20-,21+/m1/s1. The van der Waals surface area contributed by atoms with E-state index >= 15 is 0 Å². The maximum atomic E-state index is 13.6. The van der Waals surface area contributed by atoms with E-state index < -0.39 is 0 Å². The van der Waals surface area contributed by atoms with E-state index in [1.165, 1.54) is 24.9 Å². The maximum Gasteiger partial charge on any atom is 0.230 e. The number of benzene rings is 1. The van der Waals surface area contributed by atoms with Gasteiger partial charge in [-0.15, -0.1) is 0 Å².